The Hall–Kier alpha value is -2.52. The van der Waals surface area contributed by atoms with Gasteiger partial charge in [0.1, 0.15) is 11.4 Å². The van der Waals surface area contributed by atoms with Gasteiger partial charge >= 0.3 is 12.1 Å². The van der Waals surface area contributed by atoms with E-state index in [1.807, 2.05) is 0 Å². The van der Waals surface area contributed by atoms with Crippen LogP contribution in [0.1, 0.15) is 27.2 Å². The molecule has 3 amide bonds. The summed E-state index contributed by atoms with van der Waals surface area (Å²) in [5.74, 6) is 0.465. The second-order valence-electron chi connectivity index (χ2n) is 7.73. The maximum Gasteiger partial charge on any atom is 0.412 e. The van der Waals surface area contributed by atoms with E-state index in [2.05, 4.69) is 20.9 Å². The smallest absolute Gasteiger partial charge is 0.412 e. The Labute approximate surface area is 172 Å². The lowest BCUT2D eigenvalue weighted by Crippen LogP contribution is -2.38. The van der Waals surface area contributed by atoms with Crippen LogP contribution < -0.4 is 20.7 Å². The molecule has 9 heteroatoms. The van der Waals surface area contributed by atoms with Gasteiger partial charge in [-0.2, -0.15) is 0 Å². The molecule has 29 heavy (non-hydrogen) atoms. The number of anilines is 2. The maximum absolute atomic E-state index is 12.1. The van der Waals surface area contributed by atoms with Crippen LogP contribution in [0.3, 0.4) is 0 Å². The Morgan fingerprint density at radius 1 is 1.17 bits per heavy atom. The number of nitrogens with zero attached hydrogens (tertiary/aromatic N) is 1. The van der Waals surface area contributed by atoms with Crippen molar-refractivity contribution in [3.8, 4) is 5.75 Å². The molecule has 0 unspecified atom stereocenters. The zero-order chi connectivity index (χ0) is 21.3. The van der Waals surface area contributed by atoms with E-state index >= 15 is 0 Å². The van der Waals surface area contributed by atoms with Crippen LogP contribution in [0.25, 0.3) is 0 Å². The summed E-state index contributed by atoms with van der Waals surface area (Å²) in [6.45, 7) is 10.3. The molecule has 0 bridgehead atoms. The highest BCUT2D eigenvalue weighted by molar-refractivity contribution is 5.92. The van der Waals surface area contributed by atoms with Gasteiger partial charge in [0, 0.05) is 25.3 Å². The minimum Gasteiger partial charge on any atom is -0.495 e. The van der Waals surface area contributed by atoms with Crippen LogP contribution in [-0.2, 0) is 9.47 Å². The molecule has 1 aliphatic rings. The zero-order valence-corrected chi connectivity index (χ0v) is 17.7. The van der Waals surface area contributed by atoms with Crippen LogP contribution >= 0.6 is 0 Å². The summed E-state index contributed by atoms with van der Waals surface area (Å²) in [5.41, 5.74) is 0.322. The fourth-order valence-electron chi connectivity index (χ4n) is 2.80. The molecule has 0 radical (unpaired) electrons. The summed E-state index contributed by atoms with van der Waals surface area (Å²) < 4.78 is 15.8. The zero-order valence-electron chi connectivity index (χ0n) is 17.7. The highest BCUT2D eigenvalue weighted by Crippen LogP contribution is 2.28. The number of hydrogen-bond donors (Lipinski definition) is 3. The monoisotopic (exact) mass is 408 g/mol. The van der Waals surface area contributed by atoms with Gasteiger partial charge in [0.2, 0.25) is 0 Å². The van der Waals surface area contributed by atoms with Gasteiger partial charge < -0.3 is 24.8 Å². The largest absolute Gasteiger partial charge is 0.495 e. The Balaban J connectivity index is 1.82. The van der Waals surface area contributed by atoms with Gasteiger partial charge in [-0.3, -0.25) is 10.2 Å². The first-order valence-corrected chi connectivity index (χ1v) is 9.80. The van der Waals surface area contributed by atoms with Crippen LogP contribution in [0.15, 0.2) is 18.2 Å². The highest BCUT2D eigenvalue weighted by atomic mass is 16.6. The first kappa shape index (κ1) is 22.8. The van der Waals surface area contributed by atoms with Gasteiger partial charge in [-0.15, -0.1) is 0 Å². The summed E-state index contributed by atoms with van der Waals surface area (Å²) in [4.78, 5) is 26.5. The van der Waals surface area contributed by atoms with Crippen molar-refractivity contribution in [3.63, 3.8) is 0 Å². The number of amides is 3. The lowest BCUT2D eigenvalue weighted by molar-refractivity contribution is 0.0375. The first-order chi connectivity index (χ1) is 13.8. The minimum absolute atomic E-state index is 0.305. The molecule has 1 fully saturated rings. The van der Waals surface area contributed by atoms with Crippen LogP contribution in [0.5, 0.6) is 5.75 Å². The number of ether oxygens (including phenoxy) is 3. The van der Waals surface area contributed by atoms with Crippen LogP contribution in [0.4, 0.5) is 21.0 Å². The van der Waals surface area contributed by atoms with Gasteiger partial charge in [0.15, 0.2) is 0 Å². The molecule has 0 aliphatic carbocycles. The van der Waals surface area contributed by atoms with Crippen molar-refractivity contribution in [1.82, 2.24) is 10.2 Å². The number of hydrogen-bond acceptors (Lipinski definition) is 6. The SMILES string of the molecule is COc1ccc(NC(=O)NCCCN2CCOCC2)cc1NC(=O)OC(C)(C)C. The van der Waals surface area contributed by atoms with Gasteiger partial charge in [-0.25, -0.2) is 9.59 Å². The normalized spacial score (nSPS) is 14.8. The Morgan fingerprint density at radius 2 is 1.90 bits per heavy atom. The number of urea groups is 1. The highest BCUT2D eigenvalue weighted by Gasteiger charge is 2.18. The molecular weight excluding hydrogens is 376 g/mol. The summed E-state index contributed by atoms with van der Waals surface area (Å²) >= 11 is 0. The summed E-state index contributed by atoms with van der Waals surface area (Å²) in [6.07, 6.45) is 0.266. The number of benzene rings is 1. The molecule has 0 saturated carbocycles. The molecule has 9 nitrogen and oxygen atoms in total. The molecule has 1 aromatic rings. The third kappa shape index (κ3) is 8.57. The minimum atomic E-state index is -0.617. The van der Waals surface area contributed by atoms with E-state index in [4.69, 9.17) is 14.2 Å². The van der Waals surface area contributed by atoms with E-state index in [0.717, 1.165) is 39.3 Å². The van der Waals surface area contributed by atoms with Crippen molar-refractivity contribution in [2.24, 2.45) is 0 Å². The number of carbonyl (C=O) groups is 2. The van der Waals surface area contributed by atoms with Crippen molar-refractivity contribution in [2.75, 3.05) is 57.1 Å². The topological polar surface area (TPSA) is 101 Å². The molecule has 1 saturated heterocycles. The number of carbonyl (C=O) groups excluding carboxylic acids is 2. The van der Waals surface area contributed by atoms with Gasteiger partial charge in [0.05, 0.1) is 26.0 Å². The second-order valence-corrected chi connectivity index (χ2v) is 7.73. The molecule has 1 heterocycles. The van der Waals surface area contributed by atoms with Crippen LogP contribution in [0.2, 0.25) is 0 Å². The van der Waals surface area contributed by atoms with Gasteiger partial charge in [-0.1, -0.05) is 0 Å². The summed E-state index contributed by atoms with van der Waals surface area (Å²) in [6, 6.07) is 4.68. The van der Waals surface area contributed by atoms with Crippen molar-refractivity contribution in [3.05, 3.63) is 18.2 Å². The predicted molar refractivity (Wildman–Crippen MR) is 112 cm³/mol. The average molecular weight is 408 g/mol. The molecule has 162 valence electrons. The molecule has 1 aromatic carbocycles. The lowest BCUT2D eigenvalue weighted by atomic mass is 10.2. The molecule has 0 aromatic heterocycles. The second kappa shape index (κ2) is 10.9. The van der Waals surface area contributed by atoms with Crippen molar-refractivity contribution in [1.29, 1.82) is 0 Å². The number of rotatable bonds is 7. The van der Waals surface area contributed by atoms with E-state index in [9.17, 15) is 9.59 Å². The van der Waals surface area contributed by atoms with Gasteiger partial charge in [-0.05, 0) is 51.9 Å². The number of methoxy groups -OCH3 is 1. The van der Waals surface area contributed by atoms with E-state index < -0.39 is 11.7 Å². The average Bonchev–Trinajstić information content (AvgIpc) is 2.65. The van der Waals surface area contributed by atoms with E-state index in [0.29, 0.717) is 23.7 Å². The van der Waals surface area contributed by atoms with Crippen molar-refractivity contribution < 1.29 is 23.8 Å². The van der Waals surface area contributed by atoms with Crippen LogP contribution in [-0.4, -0.2) is 69.1 Å². The van der Waals surface area contributed by atoms with E-state index in [1.54, 1.807) is 39.0 Å². The number of nitrogens with one attached hydrogen (secondary N) is 3. The maximum atomic E-state index is 12.1. The third-order valence-corrected chi connectivity index (χ3v) is 4.13. The molecule has 2 rings (SSSR count). The first-order valence-electron chi connectivity index (χ1n) is 9.80. The quantitative estimate of drug-likeness (QED) is 0.600. The van der Waals surface area contributed by atoms with Gasteiger partial charge in [0.25, 0.3) is 0 Å². The summed E-state index contributed by atoms with van der Waals surface area (Å²) in [7, 11) is 1.50. The fraction of sp³-hybridized carbons (Fsp3) is 0.600. The standard InChI is InChI=1S/C20H32N4O5/c1-20(2,3)29-19(26)23-16-14-15(6-7-17(16)27-4)22-18(25)21-8-5-9-24-10-12-28-13-11-24/h6-7,14H,5,8-13H2,1-4H3,(H,23,26)(H2,21,22,25). The predicted octanol–water partition coefficient (Wildman–Crippen LogP) is 2.89. The van der Waals surface area contributed by atoms with Crippen molar-refractivity contribution >= 4 is 23.5 Å². The van der Waals surface area contributed by atoms with Crippen molar-refractivity contribution in [2.45, 2.75) is 32.8 Å². The Morgan fingerprint density at radius 3 is 2.55 bits per heavy atom. The Bertz CT molecular complexity index is 684. The molecule has 3 N–H and O–H groups in total. The lowest BCUT2D eigenvalue weighted by Gasteiger charge is -2.26. The molecule has 0 atom stereocenters. The Kier molecular flexibility index (Phi) is 8.53. The number of morpholine rings is 1. The fourth-order valence-corrected chi connectivity index (χ4v) is 2.80. The van der Waals surface area contributed by atoms with Crippen LogP contribution in [0, 0.1) is 0 Å². The summed E-state index contributed by atoms with van der Waals surface area (Å²) in [5, 5.41) is 8.25. The molecule has 1 aliphatic heterocycles. The third-order valence-electron chi connectivity index (χ3n) is 4.13. The van der Waals surface area contributed by atoms with E-state index in [-0.39, 0.29) is 6.03 Å². The van der Waals surface area contributed by atoms with E-state index in [1.165, 1.54) is 7.11 Å². The molecule has 0 spiro atoms. The molecular formula is C20H32N4O5.